The Labute approximate surface area is 154 Å². The maximum absolute atomic E-state index is 12.6. The number of halogens is 1. The molecule has 0 radical (unpaired) electrons. The molecule has 3 rings (SSSR count). The van der Waals surface area contributed by atoms with Gasteiger partial charge in [0.2, 0.25) is 21.1 Å². The van der Waals surface area contributed by atoms with Crippen LogP contribution in [0.1, 0.15) is 0 Å². The van der Waals surface area contributed by atoms with Crippen LogP contribution in [-0.4, -0.2) is 66.5 Å². The molecule has 2 aromatic rings. The summed E-state index contributed by atoms with van der Waals surface area (Å²) in [4.78, 5) is 14.1. The minimum Gasteiger partial charge on any atom is -0.299 e. The summed E-state index contributed by atoms with van der Waals surface area (Å²) >= 11 is 7.05. The van der Waals surface area contributed by atoms with Crippen LogP contribution in [0.5, 0.6) is 0 Å². The molecule has 1 aliphatic rings. The van der Waals surface area contributed by atoms with Crippen LogP contribution >= 0.6 is 22.9 Å². The smallest absolute Gasteiger partial charge is 0.243 e. The Hall–Kier alpha value is -1.59. The van der Waals surface area contributed by atoms with Gasteiger partial charge in [-0.05, 0) is 24.3 Å². The third kappa shape index (κ3) is 4.53. The molecule has 0 spiro atoms. The molecule has 1 saturated heterocycles. The van der Waals surface area contributed by atoms with Crippen molar-refractivity contribution in [2.45, 2.75) is 4.90 Å². The number of nitrogens with one attached hydrogen (secondary N) is 1. The van der Waals surface area contributed by atoms with Crippen molar-refractivity contribution in [3.8, 4) is 0 Å². The predicted octanol–water partition coefficient (Wildman–Crippen LogP) is 1.14. The summed E-state index contributed by atoms with van der Waals surface area (Å²) in [6, 6.07) is 6.12. The van der Waals surface area contributed by atoms with Crippen molar-refractivity contribution >= 4 is 44.0 Å². The Morgan fingerprint density at radius 2 is 1.88 bits per heavy atom. The van der Waals surface area contributed by atoms with Gasteiger partial charge in [0.05, 0.1) is 11.4 Å². The third-order valence-corrected chi connectivity index (χ3v) is 6.53. The summed E-state index contributed by atoms with van der Waals surface area (Å²) in [5.74, 6) is -0.189. The van der Waals surface area contributed by atoms with Gasteiger partial charge in [-0.3, -0.25) is 15.0 Å². The maximum Gasteiger partial charge on any atom is 0.243 e. The number of aromatic nitrogens is 2. The Morgan fingerprint density at radius 1 is 1.20 bits per heavy atom. The predicted molar refractivity (Wildman–Crippen MR) is 95.2 cm³/mol. The van der Waals surface area contributed by atoms with Gasteiger partial charge in [0.25, 0.3) is 0 Å². The van der Waals surface area contributed by atoms with E-state index in [0.29, 0.717) is 36.3 Å². The summed E-state index contributed by atoms with van der Waals surface area (Å²) in [6.45, 7) is 1.81. The third-order valence-electron chi connectivity index (χ3n) is 3.76. The van der Waals surface area contributed by atoms with Crippen LogP contribution in [-0.2, 0) is 14.8 Å². The number of hydrogen-bond acceptors (Lipinski definition) is 7. The van der Waals surface area contributed by atoms with Gasteiger partial charge < -0.3 is 0 Å². The molecule has 1 aromatic carbocycles. The van der Waals surface area contributed by atoms with Crippen molar-refractivity contribution in [3.63, 3.8) is 0 Å². The van der Waals surface area contributed by atoms with E-state index >= 15 is 0 Å². The number of sulfonamides is 1. The Bertz CT molecular complexity index is 819. The summed E-state index contributed by atoms with van der Waals surface area (Å²) in [5.41, 5.74) is 1.54. The zero-order valence-electron chi connectivity index (χ0n) is 13.1. The van der Waals surface area contributed by atoms with Crippen molar-refractivity contribution in [2.75, 3.05) is 38.0 Å². The van der Waals surface area contributed by atoms with E-state index in [0.717, 1.165) is 0 Å². The normalized spacial score (nSPS) is 16.7. The Kier molecular flexibility index (Phi) is 5.64. The number of nitrogens with zero attached hydrogens (tertiary/aromatic N) is 4. The average Bonchev–Trinajstić information content (AvgIpc) is 3.08. The van der Waals surface area contributed by atoms with Crippen LogP contribution < -0.4 is 5.32 Å². The zero-order chi connectivity index (χ0) is 17.9. The van der Waals surface area contributed by atoms with Crippen LogP contribution in [0.2, 0.25) is 5.02 Å². The lowest BCUT2D eigenvalue weighted by Gasteiger charge is -2.33. The van der Waals surface area contributed by atoms with E-state index in [-0.39, 0.29) is 17.3 Å². The van der Waals surface area contributed by atoms with E-state index in [4.69, 9.17) is 11.6 Å². The molecule has 2 heterocycles. The van der Waals surface area contributed by atoms with Gasteiger partial charge >= 0.3 is 0 Å². The van der Waals surface area contributed by atoms with E-state index in [9.17, 15) is 13.2 Å². The van der Waals surface area contributed by atoms with Crippen molar-refractivity contribution in [3.05, 3.63) is 34.8 Å². The molecule has 1 aliphatic heterocycles. The number of benzene rings is 1. The Morgan fingerprint density at radius 3 is 2.48 bits per heavy atom. The first kappa shape index (κ1) is 18.2. The fraction of sp³-hybridized carbons (Fsp3) is 0.357. The number of carbonyl (C=O) groups is 1. The first-order valence-corrected chi connectivity index (χ1v) is 10.2. The Balaban J connectivity index is 1.54. The zero-order valence-corrected chi connectivity index (χ0v) is 15.5. The molecule has 0 saturated carbocycles. The van der Waals surface area contributed by atoms with E-state index in [1.54, 1.807) is 12.1 Å². The van der Waals surface area contributed by atoms with Gasteiger partial charge in [-0.2, -0.15) is 4.31 Å². The van der Waals surface area contributed by atoms with Gasteiger partial charge in [-0.25, -0.2) is 8.42 Å². The topological polar surface area (TPSA) is 95.5 Å². The summed E-state index contributed by atoms with van der Waals surface area (Å²) < 4.78 is 26.6. The minimum absolute atomic E-state index is 0.189. The van der Waals surface area contributed by atoms with E-state index in [1.807, 2.05) is 4.90 Å². The highest BCUT2D eigenvalue weighted by Gasteiger charge is 2.29. The molecule has 1 amide bonds. The maximum atomic E-state index is 12.6. The van der Waals surface area contributed by atoms with Crippen molar-refractivity contribution in [2.24, 2.45) is 0 Å². The number of hydrogen-bond donors (Lipinski definition) is 1. The van der Waals surface area contributed by atoms with Crippen LogP contribution in [0.25, 0.3) is 0 Å². The second-order valence-electron chi connectivity index (χ2n) is 5.43. The molecular formula is C14H16ClN5O3S2. The number of anilines is 1. The molecule has 11 heteroatoms. The lowest BCUT2D eigenvalue weighted by molar-refractivity contribution is -0.117. The van der Waals surface area contributed by atoms with Crippen molar-refractivity contribution in [1.29, 1.82) is 0 Å². The standard InChI is InChI=1S/C14H16ClN5O3S2/c15-11-1-3-12(4-2-11)25(22,23)20-7-5-19(6-8-20)9-13(21)17-14-18-16-10-24-14/h1-4,10H,5-9H2,(H,17,18,21). The van der Waals surface area contributed by atoms with Gasteiger partial charge in [0, 0.05) is 31.2 Å². The monoisotopic (exact) mass is 401 g/mol. The fourth-order valence-corrected chi connectivity index (χ4v) is 4.48. The highest BCUT2D eigenvalue weighted by atomic mass is 35.5. The van der Waals surface area contributed by atoms with Crippen LogP contribution in [0.4, 0.5) is 5.13 Å². The largest absolute Gasteiger partial charge is 0.299 e. The molecule has 1 fully saturated rings. The number of amides is 1. The molecule has 1 aromatic heterocycles. The lowest BCUT2D eigenvalue weighted by Crippen LogP contribution is -2.50. The fourth-order valence-electron chi connectivity index (χ4n) is 2.47. The summed E-state index contributed by atoms with van der Waals surface area (Å²) in [6.07, 6.45) is 0. The minimum atomic E-state index is -3.54. The van der Waals surface area contributed by atoms with Gasteiger partial charge in [-0.1, -0.05) is 22.9 Å². The number of piperazine rings is 1. The second kappa shape index (κ2) is 7.75. The summed E-state index contributed by atoms with van der Waals surface area (Å²) in [7, 11) is -3.54. The average molecular weight is 402 g/mol. The molecule has 0 aliphatic carbocycles. The van der Waals surface area contributed by atoms with Crippen LogP contribution in [0.15, 0.2) is 34.7 Å². The van der Waals surface area contributed by atoms with E-state index in [2.05, 4.69) is 15.5 Å². The molecule has 25 heavy (non-hydrogen) atoms. The molecule has 0 unspecified atom stereocenters. The number of carbonyl (C=O) groups excluding carboxylic acids is 1. The molecule has 134 valence electrons. The van der Waals surface area contributed by atoms with Crippen molar-refractivity contribution in [1.82, 2.24) is 19.4 Å². The molecule has 8 nitrogen and oxygen atoms in total. The van der Waals surface area contributed by atoms with E-state index in [1.165, 1.54) is 33.3 Å². The highest BCUT2D eigenvalue weighted by molar-refractivity contribution is 7.89. The molecule has 1 N–H and O–H groups in total. The van der Waals surface area contributed by atoms with Crippen LogP contribution in [0, 0.1) is 0 Å². The summed E-state index contributed by atoms with van der Waals surface area (Å²) in [5, 5.41) is 11.0. The lowest BCUT2D eigenvalue weighted by atomic mass is 10.3. The van der Waals surface area contributed by atoms with Gasteiger partial charge in [0.1, 0.15) is 5.51 Å². The second-order valence-corrected chi connectivity index (χ2v) is 8.63. The van der Waals surface area contributed by atoms with Gasteiger partial charge in [0.15, 0.2) is 0 Å². The van der Waals surface area contributed by atoms with Gasteiger partial charge in [-0.15, -0.1) is 10.2 Å². The molecule has 0 atom stereocenters. The first-order valence-electron chi connectivity index (χ1n) is 7.49. The molecule has 0 bridgehead atoms. The quantitative estimate of drug-likeness (QED) is 0.807. The highest BCUT2D eigenvalue weighted by Crippen LogP contribution is 2.19. The SMILES string of the molecule is O=C(CN1CCN(S(=O)(=O)c2ccc(Cl)cc2)CC1)Nc1nncs1. The van der Waals surface area contributed by atoms with Crippen molar-refractivity contribution < 1.29 is 13.2 Å². The number of rotatable bonds is 5. The van der Waals surface area contributed by atoms with E-state index < -0.39 is 10.0 Å². The first-order chi connectivity index (χ1) is 11.9. The molecular weight excluding hydrogens is 386 g/mol. The van der Waals surface area contributed by atoms with Crippen LogP contribution in [0.3, 0.4) is 0 Å².